The Balaban J connectivity index is 1.60. The van der Waals surface area contributed by atoms with Gasteiger partial charge in [0.25, 0.3) is 0 Å². The molecular formula is C17H17N3O3S3. The van der Waals surface area contributed by atoms with Crippen LogP contribution in [0, 0.1) is 0 Å². The van der Waals surface area contributed by atoms with Gasteiger partial charge in [-0.1, -0.05) is 12.1 Å². The molecular weight excluding hydrogens is 390 g/mol. The largest absolute Gasteiger partial charge is 0.316 e. The van der Waals surface area contributed by atoms with Gasteiger partial charge in [0.15, 0.2) is 0 Å². The zero-order valence-electron chi connectivity index (χ0n) is 14.0. The number of rotatable bonds is 4. The van der Waals surface area contributed by atoms with Crippen LogP contribution in [-0.4, -0.2) is 42.5 Å². The molecule has 1 saturated heterocycles. The summed E-state index contributed by atoms with van der Waals surface area (Å²) >= 11 is 2.99. The molecule has 1 aromatic carbocycles. The molecule has 3 aromatic rings. The Hall–Kier alpha value is -1.81. The highest BCUT2D eigenvalue weighted by molar-refractivity contribution is 7.88. The van der Waals surface area contributed by atoms with Crippen LogP contribution in [0.25, 0.3) is 20.8 Å². The van der Waals surface area contributed by atoms with Crippen LogP contribution in [0.1, 0.15) is 12.8 Å². The number of sulfonamides is 1. The second kappa shape index (κ2) is 6.73. The molecule has 136 valence electrons. The molecule has 0 aliphatic carbocycles. The van der Waals surface area contributed by atoms with E-state index in [1.54, 1.807) is 11.3 Å². The number of fused-ring (bicyclic) bond motifs is 1. The lowest BCUT2D eigenvalue weighted by Gasteiger charge is -2.21. The second-order valence-electron chi connectivity index (χ2n) is 6.17. The number of amides is 1. The third-order valence-electron chi connectivity index (χ3n) is 4.36. The quantitative estimate of drug-likeness (QED) is 0.719. The number of hydrogen-bond acceptors (Lipinski definition) is 6. The second-order valence-corrected chi connectivity index (χ2v) is 10.1. The zero-order valence-corrected chi connectivity index (χ0v) is 16.5. The fourth-order valence-electron chi connectivity index (χ4n) is 3.16. The number of nitrogens with zero attached hydrogens (tertiary/aromatic N) is 2. The van der Waals surface area contributed by atoms with Crippen LogP contribution < -0.4 is 5.32 Å². The molecule has 26 heavy (non-hydrogen) atoms. The molecule has 1 fully saturated rings. The Labute approximate surface area is 159 Å². The Kier molecular flexibility index (Phi) is 4.55. The maximum absolute atomic E-state index is 12.7. The summed E-state index contributed by atoms with van der Waals surface area (Å²) in [6.45, 7) is 0.395. The van der Waals surface area contributed by atoms with Crippen molar-refractivity contribution in [3.8, 4) is 10.6 Å². The first kappa shape index (κ1) is 17.6. The highest BCUT2D eigenvalue weighted by Gasteiger charge is 2.36. The first-order chi connectivity index (χ1) is 12.4. The molecule has 6 nitrogen and oxygen atoms in total. The van der Waals surface area contributed by atoms with Crippen LogP contribution in [0.4, 0.5) is 5.00 Å². The van der Waals surface area contributed by atoms with Gasteiger partial charge in [0, 0.05) is 12.1 Å². The lowest BCUT2D eigenvalue weighted by atomic mass is 10.2. The molecule has 1 atom stereocenters. The van der Waals surface area contributed by atoms with E-state index in [0.717, 1.165) is 27.0 Å². The molecule has 1 unspecified atom stereocenters. The van der Waals surface area contributed by atoms with Crippen molar-refractivity contribution in [1.82, 2.24) is 9.29 Å². The molecule has 1 aliphatic rings. The number of carbonyl (C=O) groups excluding carboxylic acids is 1. The molecule has 3 heterocycles. The van der Waals surface area contributed by atoms with E-state index in [0.29, 0.717) is 24.4 Å². The van der Waals surface area contributed by atoms with Crippen molar-refractivity contribution in [2.45, 2.75) is 18.9 Å². The van der Waals surface area contributed by atoms with Gasteiger partial charge in [0.2, 0.25) is 15.9 Å². The van der Waals surface area contributed by atoms with Crippen molar-refractivity contribution in [1.29, 1.82) is 0 Å². The summed E-state index contributed by atoms with van der Waals surface area (Å²) in [7, 11) is -3.39. The van der Waals surface area contributed by atoms with E-state index >= 15 is 0 Å². The van der Waals surface area contributed by atoms with Crippen molar-refractivity contribution in [2.75, 3.05) is 18.1 Å². The summed E-state index contributed by atoms with van der Waals surface area (Å²) in [6.07, 6.45) is 2.39. The van der Waals surface area contributed by atoms with Gasteiger partial charge in [-0.25, -0.2) is 13.4 Å². The summed E-state index contributed by atoms with van der Waals surface area (Å²) in [5, 5.41) is 6.37. The van der Waals surface area contributed by atoms with Gasteiger partial charge < -0.3 is 5.32 Å². The van der Waals surface area contributed by atoms with E-state index in [1.807, 2.05) is 35.7 Å². The van der Waals surface area contributed by atoms with Gasteiger partial charge in [0.1, 0.15) is 16.1 Å². The standard InChI is InChI=1S/C17H17N3O3S3/c1-26(22,23)20-9-4-6-13(20)15(21)19-16-11(8-10-24-16)17-18-12-5-2-3-7-14(12)25-17/h2-3,5,7-8,10,13H,4,6,9H2,1H3,(H,19,21). The SMILES string of the molecule is CS(=O)(=O)N1CCCC1C(=O)Nc1sccc1-c1nc2ccccc2s1. The number of nitrogens with one attached hydrogen (secondary N) is 1. The minimum absolute atomic E-state index is 0.280. The molecule has 0 bridgehead atoms. The number of thiophene rings is 1. The van der Waals surface area contributed by atoms with E-state index < -0.39 is 16.1 Å². The molecule has 0 saturated carbocycles. The molecule has 1 N–H and O–H groups in total. The third kappa shape index (κ3) is 3.27. The fourth-order valence-corrected chi connectivity index (χ4v) is 6.13. The number of aromatic nitrogens is 1. The van der Waals surface area contributed by atoms with Crippen LogP contribution in [0.3, 0.4) is 0 Å². The summed E-state index contributed by atoms with van der Waals surface area (Å²) in [5.74, 6) is -0.280. The minimum atomic E-state index is -3.39. The predicted octanol–water partition coefficient (Wildman–Crippen LogP) is 3.39. The predicted molar refractivity (Wildman–Crippen MR) is 106 cm³/mol. The van der Waals surface area contributed by atoms with Gasteiger partial charge >= 0.3 is 0 Å². The first-order valence-corrected chi connectivity index (χ1v) is 11.7. The fraction of sp³-hybridized carbons (Fsp3) is 0.294. The Bertz CT molecular complexity index is 1040. The molecule has 1 amide bonds. The van der Waals surface area contributed by atoms with Gasteiger partial charge in [-0.3, -0.25) is 4.79 Å². The maximum atomic E-state index is 12.7. The van der Waals surface area contributed by atoms with Gasteiger partial charge in [-0.15, -0.1) is 22.7 Å². The van der Waals surface area contributed by atoms with Gasteiger partial charge in [-0.05, 0) is 36.4 Å². The number of anilines is 1. The van der Waals surface area contributed by atoms with Crippen molar-refractivity contribution in [3.05, 3.63) is 35.7 Å². The van der Waals surface area contributed by atoms with Crippen molar-refractivity contribution in [3.63, 3.8) is 0 Å². The molecule has 9 heteroatoms. The van der Waals surface area contributed by atoms with Crippen molar-refractivity contribution < 1.29 is 13.2 Å². The van der Waals surface area contributed by atoms with E-state index in [4.69, 9.17) is 0 Å². The van der Waals surface area contributed by atoms with Crippen LogP contribution in [0.15, 0.2) is 35.7 Å². The molecule has 0 spiro atoms. The van der Waals surface area contributed by atoms with E-state index in [1.165, 1.54) is 15.6 Å². The number of benzene rings is 1. The molecule has 2 aromatic heterocycles. The van der Waals surface area contributed by atoms with E-state index in [-0.39, 0.29) is 5.91 Å². The van der Waals surface area contributed by atoms with Gasteiger partial charge in [0.05, 0.1) is 16.5 Å². The lowest BCUT2D eigenvalue weighted by Crippen LogP contribution is -2.42. The normalized spacial score (nSPS) is 18.4. The van der Waals surface area contributed by atoms with Crippen molar-refractivity contribution >= 4 is 53.8 Å². The maximum Gasteiger partial charge on any atom is 0.243 e. The van der Waals surface area contributed by atoms with Crippen LogP contribution >= 0.6 is 22.7 Å². The lowest BCUT2D eigenvalue weighted by molar-refractivity contribution is -0.119. The summed E-state index contributed by atoms with van der Waals surface area (Å²) in [4.78, 5) is 17.3. The highest BCUT2D eigenvalue weighted by Crippen LogP contribution is 2.38. The van der Waals surface area contributed by atoms with Crippen molar-refractivity contribution in [2.24, 2.45) is 0 Å². The molecule has 4 rings (SSSR count). The number of para-hydroxylation sites is 1. The van der Waals surface area contributed by atoms with E-state index in [9.17, 15) is 13.2 Å². The Morgan fingerprint density at radius 1 is 1.31 bits per heavy atom. The smallest absolute Gasteiger partial charge is 0.243 e. The van der Waals surface area contributed by atoms with Crippen LogP contribution in [-0.2, 0) is 14.8 Å². The summed E-state index contributed by atoms with van der Waals surface area (Å²) < 4.78 is 26.1. The number of carbonyl (C=O) groups is 1. The Morgan fingerprint density at radius 3 is 2.88 bits per heavy atom. The first-order valence-electron chi connectivity index (χ1n) is 8.14. The average molecular weight is 408 g/mol. The molecule has 0 radical (unpaired) electrons. The zero-order chi connectivity index (χ0) is 18.3. The van der Waals surface area contributed by atoms with Crippen LogP contribution in [0.5, 0.6) is 0 Å². The minimum Gasteiger partial charge on any atom is -0.316 e. The van der Waals surface area contributed by atoms with E-state index in [2.05, 4.69) is 10.3 Å². The highest BCUT2D eigenvalue weighted by atomic mass is 32.2. The molecule has 1 aliphatic heterocycles. The summed E-state index contributed by atoms with van der Waals surface area (Å²) in [5.41, 5.74) is 1.79. The van der Waals surface area contributed by atoms with Crippen LogP contribution in [0.2, 0.25) is 0 Å². The Morgan fingerprint density at radius 2 is 2.12 bits per heavy atom. The topological polar surface area (TPSA) is 79.4 Å². The average Bonchev–Trinajstić information content (AvgIpc) is 3.32. The third-order valence-corrected chi connectivity index (χ3v) is 7.55. The summed E-state index contributed by atoms with van der Waals surface area (Å²) in [6, 6.07) is 9.19. The monoisotopic (exact) mass is 407 g/mol. The number of thiazole rings is 1. The number of hydrogen-bond donors (Lipinski definition) is 1. The van der Waals surface area contributed by atoms with Gasteiger partial charge in [-0.2, -0.15) is 4.31 Å².